The molecule has 2 heterocycles. The molecular weight excluding hydrogens is 312 g/mol. The van der Waals surface area contributed by atoms with Crippen LogP contribution in [0.3, 0.4) is 0 Å². The van der Waals surface area contributed by atoms with Crippen molar-refractivity contribution in [2.45, 2.75) is 6.54 Å². The molecule has 0 unspecified atom stereocenters. The molecule has 7 heteroatoms. The second-order valence-electron chi connectivity index (χ2n) is 2.97. The van der Waals surface area contributed by atoms with Gasteiger partial charge >= 0.3 is 0 Å². The first-order valence-corrected chi connectivity index (χ1v) is 6.45. The average Bonchev–Trinajstić information content (AvgIpc) is 2.67. The molecule has 0 amide bonds. The number of anilines is 2. The van der Waals surface area contributed by atoms with Gasteiger partial charge in [0, 0.05) is 9.35 Å². The largest absolute Gasteiger partial charge is 0.393 e. The van der Waals surface area contributed by atoms with Gasteiger partial charge in [0.25, 0.3) is 0 Å². The fourth-order valence-corrected chi connectivity index (χ4v) is 2.70. The summed E-state index contributed by atoms with van der Waals surface area (Å²) < 4.78 is 1.07. The van der Waals surface area contributed by atoms with Gasteiger partial charge in [-0.2, -0.15) is 0 Å². The van der Waals surface area contributed by atoms with Crippen LogP contribution in [0.4, 0.5) is 11.5 Å². The summed E-state index contributed by atoms with van der Waals surface area (Å²) in [7, 11) is 0. The van der Waals surface area contributed by atoms with Crippen molar-refractivity contribution in [3.05, 3.63) is 32.3 Å². The van der Waals surface area contributed by atoms with Gasteiger partial charge in [-0.05, 0) is 27.4 Å². The van der Waals surface area contributed by atoms with Gasteiger partial charge in [0.1, 0.15) is 12.0 Å². The van der Waals surface area contributed by atoms with E-state index in [0.29, 0.717) is 18.1 Å². The molecule has 0 spiro atoms. The van der Waals surface area contributed by atoms with E-state index in [2.05, 4.69) is 31.2 Å². The molecule has 2 aromatic heterocycles. The molecule has 0 radical (unpaired) electrons. The number of nitrogens with one attached hydrogen (secondary N) is 1. The van der Waals surface area contributed by atoms with E-state index in [1.165, 1.54) is 11.2 Å². The first-order chi connectivity index (χ1) is 7.68. The van der Waals surface area contributed by atoms with Crippen LogP contribution in [0.5, 0.6) is 0 Å². The van der Waals surface area contributed by atoms with E-state index in [9.17, 15) is 0 Å². The molecule has 0 aliphatic rings. The Kier molecular flexibility index (Phi) is 3.63. The number of hydrogen-bond acceptors (Lipinski definition) is 5. The molecule has 16 heavy (non-hydrogen) atoms. The Labute approximate surface area is 110 Å². The van der Waals surface area contributed by atoms with Crippen LogP contribution in [-0.4, -0.2) is 9.97 Å². The quantitative estimate of drug-likeness (QED) is 0.853. The van der Waals surface area contributed by atoms with Crippen LogP contribution in [-0.2, 0) is 6.54 Å². The molecule has 3 N–H and O–H groups in total. The van der Waals surface area contributed by atoms with E-state index in [4.69, 9.17) is 17.3 Å². The molecule has 0 aromatic carbocycles. The Morgan fingerprint density at radius 3 is 3.00 bits per heavy atom. The number of nitrogens with two attached hydrogens (primary N) is 1. The van der Waals surface area contributed by atoms with Crippen molar-refractivity contribution in [2.24, 2.45) is 0 Å². The lowest BCUT2D eigenvalue weighted by molar-refractivity contribution is 1.10. The Morgan fingerprint density at radius 2 is 2.31 bits per heavy atom. The maximum atomic E-state index is 5.78. The third kappa shape index (κ3) is 2.45. The second kappa shape index (κ2) is 4.99. The molecule has 2 rings (SSSR count). The standard InChI is InChI=1S/C9H8BrClN4S/c10-5-1-2-16-6(5)3-13-9-7(12)8(11)14-4-15-9/h1-2,4H,3,12H2,(H,13,14,15). The molecule has 0 aliphatic carbocycles. The van der Waals surface area contributed by atoms with Gasteiger partial charge in [0.05, 0.1) is 6.54 Å². The highest BCUT2D eigenvalue weighted by molar-refractivity contribution is 9.10. The van der Waals surface area contributed by atoms with E-state index < -0.39 is 0 Å². The maximum Gasteiger partial charge on any atom is 0.157 e. The molecule has 0 fully saturated rings. The van der Waals surface area contributed by atoms with E-state index in [0.717, 1.165) is 4.47 Å². The minimum atomic E-state index is 0.266. The number of rotatable bonds is 3. The lowest BCUT2D eigenvalue weighted by atomic mass is 10.4. The predicted molar refractivity (Wildman–Crippen MR) is 70.8 cm³/mol. The van der Waals surface area contributed by atoms with Crippen LogP contribution in [0.2, 0.25) is 5.15 Å². The van der Waals surface area contributed by atoms with Gasteiger partial charge in [-0.1, -0.05) is 11.6 Å². The zero-order valence-corrected chi connectivity index (χ0v) is 11.2. The zero-order valence-electron chi connectivity index (χ0n) is 8.08. The molecular formula is C9H8BrClN4S. The van der Waals surface area contributed by atoms with Crippen molar-refractivity contribution in [3.63, 3.8) is 0 Å². The number of hydrogen-bond donors (Lipinski definition) is 2. The van der Waals surface area contributed by atoms with Crippen LogP contribution >= 0.6 is 38.9 Å². The summed E-state index contributed by atoms with van der Waals surface area (Å²) in [6.45, 7) is 0.649. The summed E-state index contributed by atoms with van der Waals surface area (Å²) >= 11 is 10.9. The summed E-state index contributed by atoms with van der Waals surface area (Å²) in [5, 5.41) is 5.39. The Morgan fingerprint density at radius 1 is 1.50 bits per heavy atom. The van der Waals surface area contributed by atoms with E-state index in [1.807, 2.05) is 11.4 Å². The molecule has 84 valence electrons. The minimum absolute atomic E-state index is 0.266. The van der Waals surface area contributed by atoms with E-state index >= 15 is 0 Å². The van der Waals surface area contributed by atoms with Crippen molar-refractivity contribution >= 4 is 50.4 Å². The lowest BCUT2D eigenvalue weighted by Crippen LogP contribution is -2.05. The summed E-state index contributed by atoms with van der Waals surface area (Å²) in [4.78, 5) is 8.99. The highest BCUT2D eigenvalue weighted by Crippen LogP contribution is 2.26. The average molecular weight is 320 g/mol. The summed E-state index contributed by atoms with van der Waals surface area (Å²) in [6.07, 6.45) is 1.38. The highest BCUT2D eigenvalue weighted by atomic mass is 79.9. The fourth-order valence-electron chi connectivity index (χ4n) is 1.13. The Hall–Kier alpha value is -0.850. The smallest absolute Gasteiger partial charge is 0.157 e. The minimum Gasteiger partial charge on any atom is -0.393 e. The maximum absolute atomic E-state index is 5.78. The van der Waals surface area contributed by atoms with Crippen LogP contribution in [0.15, 0.2) is 22.2 Å². The molecule has 0 saturated carbocycles. The van der Waals surface area contributed by atoms with Crippen molar-refractivity contribution < 1.29 is 0 Å². The van der Waals surface area contributed by atoms with Gasteiger partial charge in [-0.25, -0.2) is 9.97 Å². The van der Waals surface area contributed by atoms with Crippen LogP contribution < -0.4 is 11.1 Å². The third-order valence-corrected chi connectivity index (χ3v) is 4.17. The van der Waals surface area contributed by atoms with E-state index in [1.54, 1.807) is 11.3 Å². The number of halogens is 2. The molecule has 4 nitrogen and oxygen atoms in total. The van der Waals surface area contributed by atoms with Crippen molar-refractivity contribution in [3.8, 4) is 0 Å². The fraction of sp³-hybridized carbons (Fsp3) is 0.111. The lowest BCUT2D eigenvalue weighted by Gasteiger charge is -2.07. The SMILES string of the molecule is Nc1c(Cl)ncnc1NCc1sccc1Br. The topological polar surface area (TPSA) is 63.8 Å². The van der Waals surface area contributed by atoms with Crippen molar-refractivity contribution in [1.29, 1.82) is 0 Å². The zero-order chi connectivity index (χ0) is 11.5. The monoisotopic (exact) mass is 318 g/mol. The number of aromatic nitrogens is 2. The predicted octanol–water partition coefficient (Wildman–Crippen LogP) is 3.15. The molecule has 2 aromatic rings. The summed E-state index contributed by atoms with van der Waals surface area (Å²) in [5.41, 5.74) is 6.10. The number of thiophene rings is 1. The Bertz CT molecular complexity index is 502. The van der Waals surface area contributed by atoms with Gasteiger partial charge in [0.15, 0.2) is 11.0 Å². The summed E-state index contributed by atoms with van der Waals surface area (Å²) in [5.74, 6) is 0.556. The normalized spacial score (nSPS) is 10.4. The molecule has 0 atom stereocenters. The number of nitrogen functional groups attached to an aromatic ring is 1. The Balaban J connectivity index is 2.11. The van der Waals surface area contributed by atoms with Gasteiger partial charge in [0.2, 0.25) is 0 Å². The molecule has 0 saturated heterocycles. The van der Waals surface area contributed by atoms with Gasteiger partial charge < -0.3 is 11.1 Å². The summed E-state index contributed by atoms with van der Waals surface area (Å²) in [6, 6.07) is 2.00. The molecule has 0 aliphatic heterocycles. The highest BCUT2D eigenvalue weighted by Gasteiger charge is 2.07. The van der Waals surface area contributed by atoms with Gasteiger partial charge in [-0.3, -0.25) is 0 Å². The van der Waals surface area contributed by atoms with E-state index in [-0.39, 0.29) is 5.15 Å². The van der Waals surface area contributed by atoms with Crippen molar-refractivity contribution in [1.82, 2.24) is 9.97 Å². The first kappa shape index (κ1) is 11.6. The first-order valence-electron chi connectivity index (χ1n) is 4.40. The van der Waals surface area contributed by atoms with Crippen molar-refractivity contribution in [2.75, 3.05) is 11.1 Å². The molecule has 0 bridgehead atoms. The third-order valence-electron chi connectivity index (χ3n) is 1.94. The van der Waals surface area contributed by atoms with Crippen LogP contribution in [0.25, 0.3) is 0 Å². The van der Waals surface area contributed by atoms with Crippen LogP contribution in [0.1, 0.15) is 4.88 Å². The number of nitrogens with zero attached hydrogens (tertiary/aromatic N) is 2. The van der Waals surface area contributed by atoms with Gasteiger partial charge in [-0.15, -0.1) is 11.3 Å². The second-order valence-corrected chi connectivity index (χ2v) is 5.19. The van der Waals surface area contributed by atoms with Crippen LogP contribution in [0, 0.1) is 0 Å².